The molecule has 0 amide bonds. The van der Waals surface area contributed by atoms with Crippen LogP contribution in [-0.2, 0) is 9.53 Å². The van der Waals surface area contributed by atoms with E-state index >= 15 is 0 Å². The van der Waals surface area contributed by atoms with Gasteiger partial charge in [-0.3, -0.25) is 0 Å². The highest BCUT2D eigenvalue weighted by molar-refractivity contribution is 5.60. The zero-order chi connectivity index (χ0) is 10.9. The molecular weight excluding hydrogens is 170 g/mol. The zero-order valence-electron chi connectivity index (χ0n) is 9.29. The van der Waals surface area contributed by atoms with Crippen LogP contribution in [-0.4, -0.2) is 44.4 Å². The lowest BCUT2D eigenvalue weighted by molar-refractivity contribution is -0.924. The summed E-state index contributed by atoms with van der Waals surface area (Å²) in [7, 11) is 3.95. The topological polar surface area (TPSA) is 49.4 Å². The van der Waals surface area contributed by atoms with E-state index in [1.807, 2.05) is 0 Å². The van der Waals surface area contributed by atoms with Crippen LogP contribution in [0.5, 0.6) is 0 Å². The van der Waals surface area contributed by atoms with E-state index in [-0.39, 0.29) is 0 Å². The Morgan fingerprint density at radius 2 is 1.69 bits per heavy atom. The Labute approximate surface area is 80.7 Å². The van der Waals surface area contributed by atoms with Crippen LogP contribution in [0.15, 0.2) is 0 Å². The normalized spacial score (nSPS) is 10.2. The second-order valence-electron chi connectivity index (χ2n) is 3.16. The van der Waals surface area contributed by atoms with E-state index < -0.39 is 5.97 Å². The number of carbonyl (C=O) groups is 1. The Morgan fingerprint density at radius 1 is 1.38 bits per heavy atom. The van der Waals surface area contributed by atoms with E-state index in [1.54, 1.807) is 7.11 Å². The number of carboxylic acid groups (broad SMARTS) is 1. The number of carbonyl (C=O) groups excluding carboxylic acids is 1. The van der Waals surface area contributed by atoms with Gasteiger partial charge in [0.15, 0.2) is 6.73 Å². The molecular formula is C9H21NO3. The van der Waals surface area contributed by atoms with Crippen molar-refractivity contribution in [3.8, 4) is 0 Å². The first-order valence-corrected chi connectivity index (χ1v) is 4.42. The van der Waals surface area contributed by atoms with Crippen molar-refractivity contribution in [3.05, 3.63) is 0 Å². The number of nitrogens with zero attached hydrogens (tertiary/aromatic N) is 1. The molecule has 0 saturated carbocycles. The highest BCUT2D eigenvalue weighted by Crippen LogP contribution is 1.99. The fourth-order valence-electron chi connectivity index (χ4n) is 0.718. The maximum atomic E-state index is 8.89. The van der Waals surface area contributed by atoms with Gasteiger partial charge >= 0.3 is 0 Å². The number of aliphatic carboxylic acids is 1. The van der Waals surface area contributed by atoms with Crippen molar-refractivity contribution in [3.63, 3.8) is 0 Å². The molecule has 4 nitrogen and oxygen atoms in total. The average molecular weight is 191 g/mol. The smallest absolute Gasteiger partial charge is 0.182 e. The first-order valence-electron chi connectivity index (χ1n) is 4.42. The number of ether oxygens (including phenoxy) is 1. The van der Waals surface area contributed by atoms with E-state index in [0.717, 1.165) is 31.2 Å². The van der Waals surface area contributed by atoms with Gasteiger partial charge in [-0.2, -0.15) is 0 Å². The minimum Gasteiger partial charge on any atom is -0.550 e. The van der Waals surface area contributed by atoms with Crippen molar-refractivity contribution in [2.75, 3.05) is 34.0 Å². The molecule has 0 atom stereocenters. The van der Waals surface area contributed by atoms with Crippen molar-refractivity contribution in [1.82, 2.24) is 0 Å². The Morgan fingerprint density at radius 3 is 1.77 bits per heavy atom. The zero-order valence-corrected chi connectivity index (χ0v) is 9.29. The van der Waals surface area contributed by atoms with Crippen molar-refractivity contribution in [2.45, 2.75) is 20.8 Å². The number of quaternary nitrogens is 1. The SMILES string of the molecule is CC(=O)[O-].CC[N+](C)(CC)COC. The molecule has 0 fully saturated rings. The van der Waals surface area contributed by atoms with Crippen LogP contribution in [0, 0.1) is 0 Å². The summed E-state index contributed by atoms with van der Waals surface area (Å²) in [5.41, 5.74) is 0. The lowest BCUT2D eigenvalue weighted by Crippen LogP contribution is -2.44. The molecule has 0 rings (SSSR count). The van der Waals surface area contributed by atoms with Crippen molar-refractivity contribution in [2.24, 2.45) is 0 Å². The molecule has 4 heteroatoms. The van der Waals surface area contributed by atoms with E-state index in [2.05, 4.69) is 20.9 Å². The van der Waals surface area contributed by atoms with Crippen molar-refractivity contribution >= 4 is 5.97 Å². The van der Waals surface area contributed by atoms with Gasteiger partial charge in [-0.15, -0.1) is 0 Å². The van der Waals surface area contributed by atoms with Crippen LogP contribution in [0.1, 0.15) is 20.8 Å². The van der Waals surface area contributed by atoms with Crippen LogP contribution in [0.2, 0.25) is 0 Å². The fraction of sp³-hybridized carbons (Fsp3) is 0.889. The summed E-state index contributed by atoms with van der Waals surface area (Å²) >= 11 is 0. The molecule has 0 aromatic carbocycles. The van der Waals surface area contributed by atoms with E-state index in [1.165, 1.54) is 0 Å². The molecule has 0 heterocycles. The molecule has 0 saturated heterocycles. The van der Waals surface area contributed by atoms with Crippen LogP contribution < -0.4 is 5.11 Å². The van der Waals surface area contributed by atoms with Gasteiger partial charge in [0, 0.05) is 13.1 Å². The third-order valence-electron chi connectivity index (χ3n) is 1.97. The Bertz CT molecular complexity index is 129. The monoisotopic (exact) mass is 191 g/mol. The lowest BCUT2D eigenvalue weighted by atomic mass is 10.5. The third-order valence-corrected chi connectivity index (χ3v) is 1.97. The summed E-state index contributed by atoms with van der Waals surface area (Å²) in [5, 5.41) is 8.89. The molecule has 13 heavy (non-hydrogen) atoms. The molecule has 0 aliphatic rings. The highest BCUT2D eigenvalue weighted by Gasteiger charge is 2.14. The largest absolute Gasteiger partial charge is 0.550 e. The molecule has 0 N–H and O–H groups in total. The maximum absolute atomic E-state index is 8.89. The average Bonchev–Trinajstić information content (AvgIpc) is 2.04. The molecule has 0 spiro atoms. The lowest BCUT2D eigenvalue weighted by Gasteiger charge is -2.30. The van der Waals surface area contributed by atoms with Crippen LogP contribution in [0.3, 0.4) is 0 Å². The van der Waals surface area contributed by atoms with E-state index in [4.69, 9.17) is 14.6 Å². The number of methoxy groups -OCH3 is 1. The van der Waals surface area contributed by atoms with Gasteiger partial charge in [-0.1, -0.05) is 0 Å². The third kappa shape index (κ3) is 11.4. The van der Waals surface area contributed by atoms with Gasteiger partial charge in [-0.05, 0) is 20.8 Å². The Balaban J connectivity index is 0. The first kappa shape index (κ1) is 14.9. The van der Waals surface area contributed by atoms with Gasteiger partial charge in [-0.25, -0.2) is 0 Å². The second kappa shape index (κ2) is 8.01. The summed E-state index contributed by atoms with van der Waals surface area (Å²) in [6.45, 7) is 8.45. The molecule has 0 bridgehead atoms. The quantitative estimate of drug-likeness (QED) is 0.458. The molecule has 0 unspecified atom stereocenters. The Kier molecular flexibility index (Phi) is 9.17. The number of hydrogen-bond donors (Lipinski definition) is 0. The summed E-state index contributed by atoms with van der Waals surface area (Å²) in [5.74, 6) is -1.08. The van der Waals surface area contributed by atoms with Gasteiger partial charge < -0.3 is 19.1 Å². The Hall–Kier alpha value is -0.610. The van der Waals surface area contributed by atoms with Crippen LogP contribution >= 0.6 is 0 Å². The number of hydrogen-bond acceptors (Lipinski definition) is 3. The minimum atomic E-state index is -1.08. The molecule has 0 aromatic rings. The van der Waals surface area contributed by atoms with Crippen molar-refractivity contribution < 1.29 is 19.1 Å². The minimum absolute atomic E-state index is 0.826. The van der Waals surface area contributed by atoms with Crippen LogP contribution in [0.25, 0.3) is 0 Å². The summed E-state index contributed by atoms with van der Waals surface area (Å²) in [6, 6.07) is 0. The predicted molar refractivity (Wildman–Crippen MR) is 49.8 cm³/mol. The summed E-state index contributed by atoms with van der Waals surface area (Å²) in [4.78, 5) is 8.89. The van der Waals surface area contributed by atoms with Gasteiger partial charge in [0.05, 0.1) is 20.1 Å². The highest BCUT2D eigenvalue weighted by atomic mass is 16.5. The number of rotatable bonds is 4. The number of carboxylic acids is 1. The maximum Gasteiger partial charge on any atom is 0.182 e. The predicted octanol–water partition coefficient (Wildman–Crippen LogP) is -0.167. The van der Waals surface area contributed by atoms with Gasteiger partial charge in [0.1, 0.15) is 0 Å². The van der Waals surface area contributed by atoms with Gasteiger partial charge in [0.2, 0.25) is 0 Å². The van der Waals surface area contributed by atoms with Crippen molar-refractivity contribution in [1.29, 1.82) is 0 Å². The second-order valence-corrected chi connectivity index (χ2v) is 3.16. The molecule has 80 valence electrons. The van der Waals surface area contributed by atoms with E-state index in [9.17, 15) is 0 Å². The molecule has 0 aromatic heterocycles. The summed E-state index contributed by atoms with van der Waals surface area (Å²) in [6.07, 6.45) is 0. The fourth-order valence-corrected chi connectivity index (χ4v) is 0.718. The van der Waals surface area contributed by atoms with E-state index in [0.29, 0.717) is 0 Å². The summed E-state index contributed by atoms with van der Waals surface area (Å²) < 4.78 is 6.07. The van der Waals surface area contributed by atoms with Crippen LogP contribution in [0.4, 0.5) is 0 Å². The van der Waals surface area contributed by atoms with Gasteiger partial charge in [0.25, 0.3) is 0 Å². The standard InChI is InChI=1S/C7H18NO.C2H4O2/c1-5-8(3,6-2)7-9-4;1-2(3)4/h5-7H2,1-4H3;1H3,(H,3,4)/q+1;/p-1. The first-order chi connectivity index (χ1) is 5.91. The molecule has 0 aliphatic carbocycles. The molecule has 0 aliphatic heterocycles. The molecule has 0 radical (unpaired) electrons.